The second kappa shape index (κ2) is 6.14. The van der Waals surface area contributed by atoms with E-state index in [-0.39, 0.29) is 12.6 Å². The van der Waals surface area contributed by atoms with Crippen LogP contribution in [0.2, 0.25) is 0 Å². The van der Waals surface area contributed by atoms with Crippen LogP contribution in [0, 0.1) is 5.92 Å². The molecule has 0 bridgehead atoms. The van der Waals surface area contributed by atoms with Crippen LogP contribution in [-0.4, -0.2) is 31.3 Å². The molecule has 7 nitrogen and oxygen atoms in total. The molecule has 2 unspecified atom stereocenters. The van der Waals surface area contributed by atoms with Gasteiger partial charge in [0.1, 0.15) is 12.4 Å². The number of tetrazole rings is 1. The molecular formula is C13H16N4O3. The van der Waals surface area contributed by atoms with Crippen molar-refractivity contribution in [2.45, 2.75) is 26.5 Å². The zero-order valence-electron chi connectivity index (χ0n) is 11.3. The number of carboxylic acid groups (broad SMARTS) is 1. The summed E-state index contributed by atoms with van der Waals surface area (Å²) in [7, 11) is 0. The lowest BCUT2D eigenvalue weighted by Crippen LogP contribution is -2.24. The molecule has 0 aliphatic rings. The van der Waals surface area contributed by atoms with E-state index in [2.05, 4.69) is 15.5 Å². The third-order valence-electron chi connectivity index (χ3n) is 3.17. The lowest BCUT2D eigenvalue weighted by Gasteiger charge is -2.17. The maximum Gasteiger partial charge on any atom is 0.308 e. The van der Waals surface area contributed by atoms with Crippen LogP contribution in [0.5, 0.6) is 5.75 Å². The van der Waals surface area contributed by atoms with Crippen LogP contribution >= 0.6 is 0 Å². The molecular weight excluding hydrogens is 260 g/mol. The van der Waals surface area contributed by atoms with Gasteiger partial charge in [-0.25, -0.2) is 4.68 Å². The van der Waals surface area contributed by atoms with E-state index in [0.717, 1.165) is 0 Å². The number of carbonyl (C=O) groups is 1. The summed E-state index contributed by atoms with van der Waals surface area (Å²) in [5.41, 5.74) is 0. The average molecular weight is 276 g/mol. The minimum Gasteiger partial charge on any atom is -0.486 e. The molecule has 0 fully saturated rings. The van der Waals surface area contributed by atoms with E-state index in [1.807, 2.05) is 30.3 Å². The first-order chi connectivity index (χ1) is 9.59. The lowest BCUT2D eigenvalue weighted by molar-refractivity contribution is -0.142. The first-order valence-corrected chi connectivity index (χ1v) is 6.27. The van der Waals surface area contributed by atoms with Crippen molar-refractivity contribution in [3.05, 3.63) is 36.2 Å². The highest BCUT2D eigenvalue weighted by Gasteiger charge is 2.24. The normalized spacial score (nSPS) is 13.7. The Balaban J connectivity index is 2.07. The van der Waals surface area contributed by atoms with Crippen molar-refractivity contribution in [2.24, 2.45) is 5.92 Å². The molecule has 2 atom stereocenters. The van der Waals surface area contributed by atoms with Gasteiger partial charge in [0.05, 0.1) is 12.0 Å². The Morgan fingerprint density at radius 3 is 2.70 bits per heavy atom. The summed E-state index contributed by atoms with van der Waals surface area (Å²) >= 11 is 0. The van der Waals surface area contributed by atoms with E-state index in [1.54, 1.807) is 13.8 Å². The number of rotatable bonds is 6. The summed E-state index contributed by atoms with van der Waals surface area (Å²) in [6, 6.07) is 8.94. The summed E-state index contributed by atoms with van der Waals surface area (Å²) in [6.45, 7) is 3.57. The first-order valence-electron chi connectivity index (χ1n) is 6.27. The number of ether oxygens (including phenoxy) is 1. The van der Waals surface area contributed by atoms with Crippen LogP contribution in [0.3, 0.4) is 0 Å². The summed E-state index contributed by atoms with van der Waals surface area (Å²) in [6.07, 6.45) is 0. The fourth-order valence-electron chi connectivity index (χ4n) is 1.71. The molecule has 0 saturated carbocycles. The standard InChI is InChI=1S/C13H16N4O3/c1-9(13(18)19)10(2)17-12(14-15-16-17)8-20-11-6-4-3-5-7-11/h3-7,9-10H,8H2,1-2H3,(H,18,19). The maximum atomic E-state index is 11.0. The van der Waals surface area contributed by atoms with Crippen molar-refractivity contribution in [1.29, 1.82) is 0 Å². The molecule has 1 aromatic carbocycles. The minimum atomic E-state index is -0.886. The molecule has 2 rings (SSSR count). The summed E-state index contributed by atoms with van der Waals surface area (Å²) in [5.74, 6) is -0.271. The Morgan fingerprint density at radius 2 is 2.05 bits per heavy atom. The van der Waals surface area contributed by atoms with Crippen LogP contribution in [0.25, 0.3) is 0 Å². The van der Waals surface area contributed by atoms with Gasteiger partial charge in [-0.3, -0.25) is 4.79 Å². The molecule has 20 heavy (non-hydrogen) atoms. The third kappa shape index (κ3) is 3.11. The number of hydrogen-bond acceptors (Lipinski definition) is 5. The fraction of sp³-hybridized carbons (Fsp3) is 0.385. The van der Waals surface area contributed by atoms with Gasteiger partial charge in [0.15, 0.2) is 5.82 Å². The number of carboxylic acids is 1. The largest absolute Gasteiger partial charge is 0.486 e. The van der Waals surface area contributed by atoms with Crippen LogP contribution < -0.4 is 4.74 Å². The van der Waals surface area contributed by atoms with Crippen LogP contribution in [0.4, 0.5) is 0 Å². The topological polar surface area (TPSA) is 90.1 Å². The number of nitrogens with zero attached hydrogens (tertiary/aromatic N) is 4. The van der Waals surface area contributed by atoms with E-state index in [0.29, 0.717) is 11.6 Å². The van der Waals surface area contributed by atoms with Crippen LogP contribution in [-0.2, 0) is 11.4 Å². The molecule has 7 heteroatoms. The predicted octanol–water partition coefficient (Wildman–Crippen LogP) is 1.53. The molecule has 0 aliphatic carbocycles. The smallest absolute Gasteiger partial charge is 0.308 e. The lowest BCUT2D eigenvalue weighted by atomic mass is 10.0. The van der Waals surface area contributed by atoms with E-state index in [1.165, 1.54) is 4.68 Å². The van der Waals surface area contributed by atoms with Crippen molar-refractivity contribution in [1.82, 2.24) is 20.2 Å². The first kappa shape index (κ1) is 14.0. The van der Waals surface area contributed by atoms with E-state index >= 15 is 0 Å². The SMILES string of the molecule is CC(C(=O)O)C(C)n1nnnc1COc1ccccc1. The van der Waals surface area contributed by atoms with E-state index in [9.17, 15) is 4.79 Å². The summed E-state index contributed by atoms with van der Waals surface area (Å²) < 4.78 is 7.06. The monoisotopic (exact) mass is 276 g/mol. The number of hydrogen-bond donors (Lipinski definition) is 1. The van der Waals surface area contributed by atoms with Gasteiger partial charge in [0.2, 0.25) is 0 Å². The molecule has 0 aliphatic heterocycles. The highest BCUT2D eigenvalue weighted by Crippen LogP contribution is 2.18. The Kier molecular flexibility index (Phi) is 4.29. The van der Waals surface area contributed by atoms with Crippen molar-refractivity contribution in [3.8, 4) is 5.75 Å². The highest BCUT2D eigenvalue weighted by atomic mass is 16.5. The number of benzene rings is 1. The Morgan fingerprint density at radius 1 is 1.35 bits per heavy atom. The van der Waals surface area contributed by atoms with Gasteiger partial charge in [0.25, 0.3) is 0 Å². The molecule has 106 valence electrons. The summed E-state index contributed by atoms with van der Waals surface area (Å²) in [4.78, 5) is 11.0. The quantitative estimate of drug-likeness (QED) is 0.860. The van der Waals surface area contributed by atoms with Gasteiger partial charge in [0, 0.05) is 0 Å². The van der Waals surface area contributed by atoms with Gasteiger partial charge in [-0.2, -0.15) is 0 Å². The molecule has 1 heterocycles. The molecule has 0 amide bonds. The molecule has 1 N–H and O–H groups in total. The van der Waals surface area contributed by atoms with Crippen LogP contribution in [0.15, 0.2) is 30.3 Å². The Labute approximate surface area is 116 Å². The molecule has 2 aromatic rings. The van der Waals surface area contributed by atoms with Gasteiger partial charge in [-0.15, -0.1) is 5.10 Å². The molecule has 0 saturated heterocycles. The van der Waals surface area contributed by atoms with Gasteiger partial charge < -0.3 is 9.84 Å². The van der Waals surface area contributed by atoms with Crippen molar-refractivity contribution < 1.29 is 14.6 Å². The van der Waals surface area contributed by atoms with E-state index < -0.39 is 11.9 Å². The maximum absolute atomic E-state index is 11.0. The average Bonchev–Trinajstić information content (AvgIpc) is 2.93. The number of aliphatic carboxylic acids is 1. The van der Waals surface area contributed by atoms with Crippen molar-refractivity contribution >= 4 is 5.97 Å². The van der Waals surface area contributed by atoms with Gasteiger partial charge >= 0.3 is 5.97 Å². The fourth-order valence-corrected chi connectivity index (χ4v) is 1.71. The number of aromatic nitrogens is 4. The second-order valence-electron chi connectivity index (χ2n) is 4.51. The zero-order valence-corrected chi connectivity index (χ0v) is 11.3. The second-order valence-corrected chi connectivity index (χ2v) is 4.51. The predicted molar refractivity (Wildman–Crippen MR) is 70.1 cm³/mol. The minimum absolute atomic E-state index is 0.188. The third-order valence-corrected chi connectivity index (χ3v) is 3.17. The van der Waals surface area contributed by atoms with Gasteiger partial charge in [-0.1, -0.05) is 18.2 Å². The molecule has 0 radical (unpaired) electrons. The molecule has 0 spiro atoms. The highest BCUT2D eigenvalue weighted by molar-refractivity contribution is 5.70. The zero-order chi connectivity index (χ0) is 14.5. The molecule has 1 aromatic heterocycles. The van der Waals surface area contributed by atoms with Crippen molar-refractivity contribution in [3.63, 3.8) is 0 Å². The van der Waals surface area contributed by atoms with Crippen molar-refractivity contribution in [2.75, 3.05) is 0 Å². The summed E-state index contributed by atoms with van der Waals surface area (Å²) in [5, 5.41) is 20.3. The van der Waals surface area contributed by atoms with Gasteiger partial charge in [-0.05, 0) is 36.4 Å². The van der Waals surface area contributed by atoms with E-state index in [4.69, 9.17) is 9.84 Å². The Hall–Kier alpha value is -2.44. The van der Waals surface area contributed by atoms with Crippen LogP contribution in [0.1, 0.15) is 25.7 Å². The number of para-hydroxylation sites is 1. The Bertz CT molecular complexity index is 570.